The van der Waals surface area contributed by atoms with Crippen molar-refractivity contribution < 1.29 is 14.3 Å². The standard InChI is InChI=1S/C24H22N4O3/c1-24-13-17(19-16-10-6-5-7-14(16)11-12-18(19)31-24)20(23(30)26-24)21(25)27-28-22(29)15-8-3-2-4-9-15/h2-12,17,20H,13H2,1H3,(H2,25,27)(H,26,30)(H,28,29)/t17-,20-,24-/m1/s1. The number of hydrazone groups is 1. The number of rotatable bonds is 3. The quantitative estimate of drug-likeness (QED) is 0.348. The third kappa shape index (κ3) is 3.28. The highest BCUT2D eigenvalue weighted by Gasteiger charge is 2.51. The molecule has 4 N–H and O–H groups in total. The summed E-state index contributed by atoms with van der Waals surface area (Å²) in [6, 6.07) is 20.6. The zero-order chi connectivity index (χ0) is 21.6. The lowest BCUT2D eigenvalue weighted by molar-refractivity contribution is -0.136. The van der Waals surface area contributed by atoms with Gasteiger partial charge in [-0.05, 0) is 35.9 Å². The highest BCUT2D eigenvalue weighted by molar-refractivity contribution is 6.06. The minimum atomic E-state index is -0.818. The van der Waals surface area contributed by atoms with E-state index in [4.69, 9.17) is 10.5 Å². The number of benzene rings is 3. The van der Waals surface area contributed by atoms with Crippen LogP contribution in [0.5, 0.6) is 5.75 Å². The average molecular weight is 414 g/mol. The second-order valence-corrected chi connectivity index (χ2v) is 8.15. The summed E-state index contributed by atoms with van der Waals surface area (Å²) in [6.07, 6.45) is 0.549. The highest BCUT2D eigenvalue weighted by Crippen LogP contribution is 2.49. The number of carbonyl (C=O) groups excluding carboxylic acids is 2. The van der Waals surface area contributed by atoms with E-state index in [0.717, 1.165) is 22.1 Å². The molecule has 0 saturated carbocycles. The van der Waals surface area contributed by atoms with E-state index in [-0.39, 0.29) is 23.6 Å². The summed E-state index contributed by atoms with van der Waals surface area (Å²) in [5.41, 5.74) is 9.34. The molecular formula is C24H22N4O3. The lowest BCUT2D eigenvalue weighted by Crippen LogP contribution is -2.62. The molecule has 7 heteroatoms. The summed E-state index contributed by atoms with van der Waals surface area (Å²) in [5.74, 6) is -0.822. The molecular weight excluding hydrogens is 392 g/mol. The molecule has 0 aromatic heterocycles. The van der Waals surface area contributed by atoms with E-state index in [1.165, 1.54) is 0 Å². The average Bonchev–Trinajstić information content (AvgIpc) is 2.76. The molecule has 0 aliphatic carbocycles. The van der Waals surface area contributed by atoms with E-state index in [1.54, 1.807) is 24.3 Å². The first-order valence-corrected chi connectivity index (χ1v) is 10.2. The van der Waals surface area contributed by atoms with Crippen LogP contribution in [0.15, 0.2) is 71.8 Å². The Kier molecular flexibility index (Phi) is 4.39. The smallest absolute Gasteiger partial charge is 0.271 e. The Morgan fingerprint density at radius 3 is 2.68 bits per heavy atom. The van der Waals surface area contributed by atoms with Gasteiger partial charge in [-0.2, -0.15) is 5.10 Å². The molecule has 2 aliphatic heterocycles. The summed E-state index contributed by atoms with van der Waals surface area (Å²) in [5, 5.41) is 9.10. The van der Waals surface area contributed by atoms with E-state index in [2.05, 4.69) is 15.8 Å². The van der Waals surface area contributed by atoms with Crippen molar-refractivity contribution in [3.05, 3.63) is 77.9 Å². The number of nitrogens with one attached hydrogen (secondary N) is 2. The van der Waals surface area contributed by atoms with Crippen LogP contribution < -0.4 is 21.2 Å². The SMILES string of the molecule is C[C@]12C[C@H](c3c(ccc4ccccc34)O1)[C@H](/C(N)=N/NC(=O)c1ccccc1)C(=O)N2. The third-order valence-corrected chi connectivity index (χ3v) is 5.96. The van der Waals surface area contributed by atoms with Gasteiger partial charge < -0.3 is 15.8 Å². The predicted octanol–water partition coefficient (Wildman–Crippen LogP) is 2.87. The number of nitrogens with zero attached hydrogens (tertiary/aromatic N) is 1. The van der Waals surface area contributed by atoms with E-state index < -0.39 is 11.6 Å². The molecule has 3 aromatic rings. The van der Waals surface area contributed by atoms with Gasteiger partial charge in [0.05, 0.1) is 0 Å². The maximum absolute atomic E-state index is 13.1. The number of nitrogens with two attached hydrogens (primary N) is 1. The van der Waals surface area contributed by atoms with Crippen LogP contribution in [0.25, 0.3) is 10.8 Å². The number of piperidine rings is 1. The maximum Gasteiger partial charge on any atom is 0.271 e. The van der Waals surface area contributed by atoms with E-state index >= 15 is 0 Å². The van der Waals surface area contributed by atoms with Gasteiger partial charge in [0.25, 0.3) is 5.91 Å². The molecule has 0 unspecified atom stereocenters. The van der Waals surface area contributed by atoms with Gasteiger partial charge in [0, 0.05) is 23.5 Å². The lowest BCUT2D eigenvalue weighted by Gasteiger charge is -2.47. The summed E-state index contributed by atoms with van der Waals surface area (Å²) in [7, 11) is 0. The zero-order valence-electron chi connectivity index (χ0n) is 17.0. The molecule has 1 fully saturated rings. The number of hydrogen-bond acceptors (Lipinski definition) is 4. The monoisotopic (exact) mass is 414 g/mol. The van der Waals surface area contributed by atoms with E-state index in [9.17, 15) is 9.59 Å². The van der Waals surface area contributed by atoms with Crippen LogP contribution in [0, 0.1) is 5.92 Å². The fourth-order valence-electron chi connectivity index (χ4n) is 4.61. The fourth-order valence-corrected chi connectivity index (χ4v) is 4.61. The molecule has 7 nitrogen and oxygen atoms in total. The zero-order valence-corrected chi connectivity index (χ0v) is 17.0. The first kappa shape index (κ1) is 19.1. The molecule has 2 aliphatic rings. The van der Waals surface area contributed by atoms with E-state index in [1.807, 2.05) is 49.4 Å². The minimum absolute atomic E-state index is 0.0645. The van der Waals surface area contributed by atoms with Crippen LogP contribution in [0.2, 0.25) is 0 Å². The second kappa shape index (κ2) is 7.12. The van der Waals surface area contributed by atoms with Crippen LogP contribution in [0.4, 0.5) is 0 Å². The number of fused-ring (bicyclic) bond motifs is 6. The lowest BCUT2D eigenvalue weighted by atomic mass is 9.73. The van der Waals surface area contributed by atoms with Gasteiger partial charge >= 0.3 is 0 Å². The molecule has 3 aromatic carbocycles. The van der Waals surface area contributed by atoms with Crippen molar-refractivity contribution in [2.45, 2.75) is 25.0 Å². The molecule has 2 bridgehead atoms. The number of carbonyl (C=O) groups is 2. The fraction of sp³-hybridized carbons (Fsp3) is 0.208. The van der Waals surface area contributed by atoms with Gasteiger partial charge in [-0.15, -0.1) is 0 Å². The Balaban J connectivity index is 1.53. The third-order valence-electron chi connectivity index (χ3n) is 5.96. The van der Waals surface area contributed by atoms with Crippen LogP contribution in [-0.4, -0.2) is 23.4 Å². The first-order chi connectivity index (χ1) is 15.0. The Morgan fingerprint density at radius 1 is 1.13 bits per heavy atom. The number of amides is 2. The Morgan fingerprint density at radius 2 is 1.87 bits per heavy atom. The molecule has 31 heavy (non-hydrogen) atoms. The molecule has 3 atom stereocenters. The number of amidine groups is 1. The number of hydrogen-bond donors (Lipinski definition) is 3. The van der Waals surface area contributed by atoms with Gasteiger partial charge in [0.2, 0.25) is 5.91 Å². The Bertz CT molecular complexity index is 1220. The Labute approximate surface area is 179 Å². The van der Waals surface area contributed by atoms with Gasteiger partial charge in [0.15, 0.2) is 5.72 Å². The number of ether oxygens (including phenoxy) is 1. The van der Waals surface area contributed by atoms with Gasteiger partial charge in [-0.1, -0.05) is 48.5 Å². The van der Waals surface area contributed by atoms with Crippen molar-refractivity contribution in [3.63, 3.8) is 0 Å². The largest absolute Gasteiger partial charge is 0.468 e. The molecule has 1 saturated heterocycles. The van der Waals surface area contributed by atoms with Gasteiger partial charge in [-0.25, -0.2) is 5.43 Å². The van der Waals surface area contributed by atoms with Crippen molar-refractivity contribution in [3.8, 4) is 5.75 Å². The van der Waals surface area contributed by atoms with Crippen LogP contribution in [0.1, 0.15) is 35.2 Å². The first-order valence-electron chi connectivity index (χ1n) is 10.2. The Hall–Kier alpha value is -3.87. The van der Waals surface area contributed by atoms with Crippen molar-refractivity contribution in [2.75, 3.05) is 0 Å². The summed E-state index contributed by atoms with van der Waals surface area (Å²) in [4.78, 5) is 25.4. The molecule has 2 heterocycles. The molecule has 0 radical (unpaired) electrons. The van der Waals surface area contributed by atoms with Crippen LogP contribution in [0.3, 0.4) is 0 Å². The second-order valence-electron chi connectivity index (χ2n) is 8.15. The van der Waals surface area contributed by atoms with Crippen LogP contribution >= 0.6 is 0 Å². The summed E-state index contributed by atoms with van der Waals surface area (Å²) in [6.45, 7) is 1.86. The maximum atomic E-state index is 13.1. The predicted molar refractivity (Wildman–Crippen MR) is 118 cm³/mol. The molecule has 5 rings (SSSR count). The summed E-state index contributed by atoms with van der Waals surface area (Å²) >= 11 is 0. The normalized spacial score (nSPS) is 24.7. The topological polar surface area (TPSA) is 106 Å². The van der Waals surface area contributed by atoms with Gasteiger partial charge in [0.1, 0.15) is 17.5 Å². The van der Waals surface area contributed by atoms with Crippen molar-refractivity contribution in [1.29, 1.82) is 0 Å². The van der Waals surface area contributed by atoms with E-state index in [0.29, 0.717) is 12.0 Å². The van der Waals surface area contributed by atoms with Gasteiger partial charge in [-0.3, -0.25) is 9.59 Å². The minimum Gasteiger partial charge on any atom is -0.468 e. The van der Waals surface area contributed by atoms with Crippen LogP contribution in [-0.2, 0) is 4.79 Å². The highest BCUT2D eigenvalue weighted by atomic mass is 16.5. The summed E-state index contributed by atoms with van der Waals surface area (Å²) < 4.78 is 6.17. The van der Waals surface area contributed by atoms with Crippen molar-refractivity contribution in [1.82, 2.24) is 10.7 Å². The van der Waals surface area contributed by atoms with Crippen molar-refractivity contribution in [2.24, 2.45) is 16.8 Å². The molecule has 0 spiro atoms. The molecule has 156 valence electrons. The van der Waals surface area contributed by atoms with Crippen molar-refractivity contribution >= 4 is 28.4 Å². The molecule has 2 amide bonds.